The van der Waals surface area contributed by atoms with Crippen molar-refractivity contribution in [1.82, 2.24) is 15.1 Å². The number of carbonyl (C=O) groups is 3. The van der Waals surface area contributed by atoms with Gasteiger partial charge in [-0.05, 0) is 31.7 Å². The normalized spacial score (nSPS) is 17.2. The monoisotopic (exact) mass is 417 g/mol. The summed E-state index contributed by atoms with van der Waals surface area (Å²) in [6.07, 6.45) is 3.67. The minimum atomic E-state index is -0.218. The topological polar surface area (TPSA) is 79.0 Å². The van der Waals surface area contributed by atoms with E-state index in [1.165, 1.54) is 4.90 Å². The number of likely N-dealkylation sites (N-methyl/N-ethyl adjacent to an activating group) is 1. The van der Waals surface area contributed by atoms with Gasteiger partial charge in [0, 0.05) is 39.2 Å². The first kappa shape index (κ1) is 23.7. The summed E-state index contributed by atoms with van der Waals surface area (Å²) >= 11 is 0. The number of ether oxygens (including phenoxy) is 1. The summed E-state index contributed by atoms with van der Waals surface area (Å²) in [5.74, 6) is 0.377. The van der Waals surface area contributed by atoms with Crippen molar-refractivity contribution in [2.75, 3.05) is 33.8 Å². The molecule has 1 aromatic rings. The van der Waals surface area contributed by atoms with E-state index in [2.05, 4.69) is 5.32 Å². The Hall–Kier alpha value is -2.57. The van der Waals surface area contributed by atoms with Gasteiger partial charge in [-0.15, -0.1) is 0 Å². The molecule has 1 fully saturated rings. The molecule has 0 spiro atoms. The zero-order chi connectivity index (χ0) is 22.1. The van der Waals surface area contributed by atoms with Crippen LogP contribution < -0.4 is 10.1 Å². The Bertz CT molecular complexity index is 735. The molecule has 1 saturated heterocycles. The summed E-state index contributed by atoms with van der Waals surface area (Å²) in [6.45, 7) is 5.16. The average molecular weight is 418 g/mol. The standard InChI is InChI=1S/C23H35N3O4/c1-5-10-21(27)26-14-9-11-17(15-26)23(29)24-19(6-2)18-12-7-8-13-20(18)30-16-22(28)25(3)4/h7-8,12-13,17,19H,5-6,9-11,14-16H2,1-4H3,(H,24,29). The molecule has 2 unspecified atom stereocenters. The largest absolute Gasteiger partial charge is 0.483 e. The van der Waals surface area contributed by atoms with Crippen LogP contribution in [0.2, 0.25) is 0 Å². The van der Waals surface area contributed by atoms with Crippen LogP contribution in [0.15, 0.2) is 24.3 Å². The third kappa shape index (κ3) is 6.47. The summed E-state index contributed by atoms with van der Waals surface area (Å²) < 4.78 is 5.75. The predicted octanol–water partition coefficient (Wildman–Crippen LogP) is 2.76. The number of hydrogen-bond donors (Lipinski definition) is 1. The number of piperidine rings is 1. The van der Waals surface area contributed by atoms with E-state index in [0.29, 0.717) is 25.1 Å². The molecule has 7 nitrogen and oxygen atoms in total. The molecule has 1 N–H and O–H groups in total. The molecule has 2 atom stereocenters. The second-order valence-electron chi connectivity index (χ2n) is 8.01. The van der Waals surface area contributed by atoms with Crippen molar-refractivity contribution in [3.8, 4) is 5.75 Å². The van der Waals surface area contributed by atoms with Crippen molar-refractivity contribution in [3.63, 3.8) is 0 Å². The maximum absolute atomic E-state index is 13.0. The smallest absolute Gasteiger partial charge is 0.259 e. The first-order chi connectivity index (χ1) is 14.4. The van der Waals surface area contributed by atoms with Gasteiger partial charge in [0.05, 0.1) is 12.0 Å². The lowest BCUT2D eigenvalue weighted by atomic mass is 9.95. The molecular weight excluding hydrogens is 382 g/mol. The molecule has 1 aliphatic heterocycles. The van der Waals surface area contributed by atoms with Gasteiger partial charge in [0.25, 0.3) is 5.91 Å². The molecule has 0 bridgehead atoms. The van der Waals surface area contributed by atoms with Crippen molar-refractivity contribution in [2.45, 2.75) is 52.0 Å². The van der Waals surface area contributed by atoms with Crippen LogP contribution in [0.25, 0.3) is 0 Å². The number of carbonyl (C=O) groups excluding carboxylic acids is 3. The van der Waals surface area contributed by atoms with Gasteiger partial charge >= 0.3 is 0 Å². The maximum atomic E-state index is 13.0. The van der Waals surface area contributed by atoms with Gasteiger partial charge in [-0.25, -0.2) is 0 Å². The third-order valence-corrected chi connectivity index (χ3v) is 5.48. The lowest BCUT2D eigenvalue weighted by Crippen LogP contribution is -2.46. The van der Waals surface area contributed by atoms with Crippen LogP contribution in [0, 0.1) is 5.92 Å². The van der Waals surface area contributed by atoms with Crippen molar-refractivity contribution in [3.05, 3.63) is 29.8 Å². The van der Waals surface area contributed by atoms with Gasteiger partial charge < -0.3 is 19.9 Å². The molecule has 3 amide bonds. The molecule has 1 aliphatic rings. The summed E-state index contributed by atoms with van der Waals surface area (Å²) in [7, 11) is 3.37. The van der Waals surface area contributed by atoms with E-state index < -0.39 is 0 Å². The van der Waals surface area contributed by atoms with Crippen LogP contribution in [0.4, 0.5) is 0 Å². The van der Waals surface area contributed by atoms with Crippen molar-refractivity contribution in [1.29, 1.82) is 0 Å². The van der Waals surface area contributed by atoms with E-state index in [9.17, 15) is 14.4 Å². The number of amides is 3. The van der Waals surface area contributed by atoms with E-state index >= 15 is 0 Å². The number of hydrogen-bond acceptors (Lipinski definition) is 4. The van der Waals surface area contributed by atoms with Crippen LogP contribution in [-0.2, 0) is 14.4 Å². The fourth-order valence-electron chi connectivity index (χ4n) is 3.65. The van der Waals surface area contributed by atoms with Crippen LogP contribution in [0.5, 0.6) is 5.75 Å². The molecule has 0 aliphatic carbocycles. The quantitative estimate of drug-likeness (QED) is 0.670. The first-order valence-corrected chi connectivity index (χ1v) is 10.9. The van der Waals surface area contributed by atoms with Gasteiger partial charge in [0.15, 0.2) is 6.61 Å². The van der Waals surface area contributed by atoms with Crippen LogP contribution >= 0.6 is 0 Å². The van der Waals surface area contributed by atoms with Crippen LogP contribution in [0.1, 0.15) is 57.6 Å². The van der Waals surface area contributed by atoms with Gasteiger partial charge in [0.1, 0.15) is 5.75 Å². The molecule has 0 saturated carbocycles. The maximum Gasteiger partial charge on any atom is 0.259 e. The van der Waals surface area contributed by atoms with Gasteiger partial charge in [-0.1, -0.05) is 32.0 Å². The van der Waals surface area contributed by atoms with E-state index in [1.54, 1.807) is 14.1 Å². The van der Waals surface area contributed by atoms with Gasteiger partial charge in [0.2, 0.25) is 11.8 Å². The minimum Gasteiger partial charge on any atom is -0.483 e. The van der Waals surface area contributed by atoms with E-state index in [0.717, 1.165) is 31.4 Å². The lowest BCUT2D eigenvalue weighted by Gasteiger charge is -2.33. The Kier molecular flexibility index (Phi) is 9.15. The predicted molar refractivity (Wildman–Crippen MR) is 116 cm³/mol. The average Bonchev–Trinajstić information content (AvgIpc) is 2.76. The number of rotatable bonds is 9. The van der Waals surface area contributed by atoms with Crippen LogP contribution in [0.3, 0.4) is 0 Å². The zero-order valence-corrected chi connectivity index (χ0v) is 18.6. The number of nitrogens with one attached hydrogen (secondary N) is 1. The fraction of sp³-hybridized carbons (Fsp3) is 0.609. The molecular formula is C23H35N3O4. The highest BCUT2D eigenvalue weighted by atomic mass is 16.5. The first-order valence-electron chi connectivity index (χ1n) is 10.9. The highest BCUT2D eigenvalue weighted by Gasteiger charge is 2.29. The number of benzene rings is 1. The number of nitrogens with zero attached hydrogens (tertiary/aromatic N) is 2. The number of para-hydroxylation sites is 1. The van der Waals surface area contributed by atoms with Crippen molar-refractivity contribution < 1.29 is 19.1 Å². The molecule has 1 aromatic carbocycles. The second kappa shape index (κ2) is 11.6. The molecule has 0 radical (unpaired) electrons. The molecule has 1 heterocycles. The molecule has 0 aromatic heterocycles. The van der Waals surface area contributed by atoms with E-state index in [1.807, 2.05) is 43.0 Å². The Morgan fingerprint density at radius 3 is 2.63 bits per heavy atom. The zero-order valence-electron chi connectivity index (χ0n) is 18.6. The SMILES string of the molecule is CCCC(=O)N1CCCC(C(=O)NC(CC)c2ccccc2OCC(=O)N(C)C)C1. The Morgan fingerprint density at radius 2 is 1.97 bits per heavy atom. The Labute approximate surface area is 179 Å². The Morgan fingerprint density at radius 1 is 1.23 bits per heavy atom. The minimum absolute atomic E-state index is 0.0324. The fourth-order valence-corrected chi connectivity index (χ4v) is 3.65. The van der Waals surface area contributed by atoms with Crippen molar-refractivity contribution >= 4 is 17.7 Å². The molecule has 30 heavy (non-hydrogen) atoms. The number of likely N-dealkylation sites (tertiary alicyclic amines) is 1. The lowest BCUT2D eigenvalue weighted by molar-refractivity contribution is -0.136. The van der Waals surface area contributed by atoms with Gasteiger partial charge in [-0.2, -0.15) is 0 Å². The highest BCUT2D eigenvalue weighted by Crippen LogP contribution is 2.28. The van der Waals surface area contributed by atoms with E-state index in [4.69, 9.17) is 4.74 Å². The third-order valence-electron chi connectivity index (χ3n) is 5.48. The Balaban J connectivity index is 2.05. The highest BCUT2D eigenvalue weighted by molar-refractivity contribution is 5.82. The summed E-state index contributed by atoms with van der Waals surface area (Å²) in [6, 6.07) is 7.27. The molecule has 7 heteroatoms. The van der Waals surface area contributed by atoms with E-state index in [-0.39, 0.29) is 36.3 Å². The second-order valence-corrected chi connectivity index (χ2v) is 8.01. The summed E-state index contributed by atoms with van der Waals surface area (Å²) in [5.41, 5.74) is 0.856. The van der Waals surface area contributed by atoms with Crippen molar-refractivity contribution in [2.24, 2.45) is 5.92 Å². The van der Waals surface area contributed by atoms with Gasteiger partial charge in [-0.3, -0.25) is 14.4 Å². The molecule has 2 rings (SSSR count). The summed E-state index contributed by atoms with van der Waals surface area (Å²) in [4.78, 5) is 40.4. The van der Waals surface area contributed by atoms with Crippen LogP contribution in [-0.4, -0.2) is 61.3 Å². The molecule has 166 valence electrons. The summed E-state index contributed by atoms with van der Waals surface area (Å²) in [5, 5.41) is 3.14.